The highest BCUT2D eigenvalue weighted by molar-refractivity contribution is 6.48. The largest absolute Gasteiger partial charge is 0.405 e. The van der Waals surface area contributed by atoms with Crippen LogP contribution in [0.1, 0.15) is 53.2 Å². The Morgan fingerprint density at radius 1 is 0.974 bits per heavy atom. The molecule has 0 aliphatic carbocycles. The lowest BCUT2D eigenvalue weighted by atomic mass is 9.96. The highest BCUT2D eigenvalue weighted by Crippen LogP contribution is 2.41. The molecule has 2 rings (SSSR count). The number of allylic oxidation sites excluding steroid dienone is 1. The molecule has 4 nitrogen and oxygen atoms in total. The van der Waals surface area contributed by atoms with Gasteiger partial charge in [-0.3, -0.25) is 9.59 Å². The molecule has 2 aromatic carbocycles. The van der Waals surface area contributed by atoms with Crippen LogP contribution in [0.2, 0.25) is 15.1 Å². The minimum absolute atomic E-state index is 0.0587. The molecule has 0 radical (unpaired) electrons. The summed E-state index contributed by atoms with van der Waals surface area (Å²) < 4.78 is 78.2. The first-order chi connectivity index (χ1) is 17.3. The molecule has 13 heteroatoms. The van der Waals surface area contributed by atoms with Crippen molar-refractivity contribution in [3.63, 3.8) is 0 Å². The molecule has 0 aromatic heterocycles. The molecule has 38 heavy (non-hydrogen) atoms. The summed E-state index contributed by atoms with van der Waals surface area (Å²) in [6, 6.07) is 6.48. The molecule has 0 fully saturated rings. The first-order valence-electron chi connectivity index (χ1n) is 10.9. The second kappa shape index (κ2) is 12.2. The van der Waals surface area contributed by atoms with E-state index in [2.05, 4.69) is 5.32 Å². The Morgan fingerprint density at radius 3 is 2.05 bits per heavy atom. The second-order valence-electron chi connectivity index (χ2n) is 9.16. The van der Waals surface area contributed by atoms with Crippen LogP contribution in [0.4, 0.5) is 26.3 Å². The fourth-order valence-corrected chi connectivity index (χ4v) is 4.11. The molecule has 0 saturated carbocycles. The number of hydrogen-bond donors (Lipinski definition) is 2. The molecule has 2 aromatic rings. The van der Waals surface area contributed by atoms with Gasteiger partial charge in [-0.2, -0.15) is 26.3 Å². The standard InChI is InChI=1S/C25H23Cl3F6N2O2/c1-13-8-14(5-7-17(25(32,33)34)15-9-18(26)21(28)19(27)10-15)4-6-16(13)22(38)36-23(2,3)11-20(37)35-12-24(29,30)31/h4-10,17H,11-12H2,1-3H3,(H,35,37)(H,36,38)/b7-5+. The Bertz CT molecular complexity index is 1200. The Morgan fingerprint density at radius 2 is 1.55 bits per heavy atom. The van der Waals surface area contributed by atoms with E-state index in [-0.39, 0.29) is 26.2 Å². The number of nitrogens with one attached hydrogen (secondary N) is 2. The molecule has 2 N–H and O–H groups in total. The molecule has 0 aliphatic rings. The Kier molecular flexibility index (Phi) is 10.2. The van der Waals surface area contributed by atoms with Gasteiger partial charge in [-0.05, 0) is 55.7 Å². The van der Waals surface area contributed by atoms with Gasteiger partial charge in [0.05, 0.1) is 21.0 Å². The van der Waals surface area contributed by atoms with E-state index in [1.165, 1.54) is 38.1 Å². The first kappa shape index (κ1) is 31.8. The summed E-state index contributed by atoms with van der Waals surface area (Å²) in [5, 5.41) is 4.02. The SMILES string of the molecule is Cc1cc(/C=C/C(c2cc(Cl)c(Cl)c(Cl)c2)C(F)(F)F)ccc1C(=O)NC(C)(C)CC(=O)NCC(F)(F)F. The van der Waals surface area contributed by atoms with Crippen molar-refractivity contribution < 1.29 is 35.9 Å². The maximum absolute atomic E-state index is 13.8. The summed E-state index contributed by atoms with van der Waals surface area (Å²) >= 11 is 17.6. The van der Waals surface area contributed by atoms with Gasteiger partial charge in [0, 0.05) is 17.5 Å². The van der Waals surface area contributed by atoms with Gasteiger partial charge >= 0.3 is 12.4 Å². The zero-order chi connectivity index (χ0) is 29.1. The van der Waals surface area contributed by atoms with Crippen molar-refractivity contribution in [2.45, 2.75) is 51.0 Å². The van der Waals surface area contributed by atoms with Crippen molar-refractivity contribution in [2.75, 3.05) is 6.54 Å². The number of rotatable bonds is 8. The number of amides is 2. The van der Waals surface area contributed by atoms with Gasteiger partial charge in [0.2, 0.25) is 5.91 Å². The number of carbonyl (C=O) groups excluding carboxylic acids is 2. The van der Waals surface area contributed by atoms with Crippen LogP contribution in [0.25, 0.3) is 6.08 Å². The lowest BCUT2D eigenvalue weighted by Crippen LogP contribution is -2.47. The van der Waals surface area contributed by atoms with Crippen molar-refractivity contribution >= 4 is 52.7 Å². The molecule has 0 heterocycles. The van der Waals surface area contributed by atoms with Crippen molar-refractivity contribution in [1.82, 2.24) is 10.6 Å². The number of aryl methyl sites for hydroxylation is 1. The number of benzene rings is 2. The number of carbonyl (C=O) groups is 2. The summed E-state index contributed by atoms with van der Waals surface area (Å²) in [5.41, 5.74) is -0.427. The molecule has 2 amide bonds. The van der Waals surface area contributed by atoms with E-state index in [4.69, 9.17) is 34.8 Å². The molecule has 0 bridgehead atoms. The molecule has 1 atom stereocenters. The van der Waals surface area contributed by atoms with Crippen molar-refractivity contribution in [3.05, 3.63) is 73.7 Å². The summed E-state index contributed by atoms with van der Waals surface area (Å²) in [6.07, 6.45) is -7.48. The van der Waals surface area contributed by atoms with E-state index in [1.54, 1.807) is 12.2 Å². The van der Waals surface area contributed by atoms with Gasteiger partial charge in [0.15, 0.2) is 0 Å². The van der Waals surface area contributed by atoms with Crippen LogP contribution >= 0.6 is 34.8 Å². The molecular weight excluding hydrogens is 581 g/mol. The summed E-state index contributed by atoms with van der Waals surface area (Å²) in [7, 11) is 0. The van der Waals surface area contributed by atoms with Crippen LogP contribution in [0.5, 0.6) is 0 Å². The van der Waals surface area contributed by atoms with Gasteiger partial charge in [-0.1, -0.05) is 59.1 Å². The van der Waals surface area contributed by atoms with Gasteiger partial charge in [-0.15, -0.1) is 0 Å². The zero-order valence-corrected chi connectivity index (χ0v) is 22.5. The van der Waals surface area contributed by atoms with E-state index in [0.717, 1.165) is 18.2 Å². The Balaban J connectivity index is 2.18. The van der Waals surface area contributed by atoms with E-state index < -0.39 is 48.6 Å². The van der Waals surface area contributed by atoms with Crippen molar-refractivity contribution in [2.24, 2.45) is 0 Å². The van der Waals surface area contributed by atoms with Gasteiger partial charge in [0.1, 0.15) is 6.54 Å². The van der Waals surface area contributed by atoms with Crippen molar-refractivity contribution in [1.29, 1.82) is 0 Å². The number of alkyl halides is 6. The van der Waals surface area contributed by atoms with Gasteiger partial charge in [0.25, 0.3) is 5.91 Å². The maximum Gasteiger partial charge on any atom is 0.405 e. The average molecular weight is 604 g/mol. The predicted octanol–water partition coefficient (Wildman–Crippen LogP) is 7.89. The Labute approximate surface area is 230 Å². The molecule has 0 aliphatic heterocycles. The van der Waals surface area contributed by atoms with Gasteiger partial charge < -0.3 is 10.6 Å². The third-order valence-electron chi connectivity index (χ3n) is 5.23. The second-order valence-corrected chi connectivity index (χ2v) is 10.4. The molecular formula is C25H23Cl3F6N2O2. The highest BCUT2D eigenvalue weighted by Gasteiger charge is 2.39. The highest BCUT2D eigenvalue weighted by atomic mass is 35.5. The van der Waals surface area contributed by atoms with Gasteiger partial charge in [-0.25, -0.2) is 0 Å². The molecule has 0 spiro atoms. The van der Waals surface area contributed by atoms with Crippen LogP contribution in [-0.4, -0.2) is 36.3 Å². The maximum atomic E-state index is 13.8. The van der Waals surface area contributed by atoms with Crippen LogP contribution < -0.4 is 10.6 Å². The first-order valence-corrected chi connectivity index (χ1v) is 12.1. The van der Waals surface area contributed by atoms with E-state index in [9.17, 15) is 35.9 Å². The van der Waals surface area contributed by atoms with Crippen molar-refractivity contribution in [3.8, 4) is 0 Å². The van der Waals surface area contributed by atoms with E-state index in [1.807, 2.05) is 0 Å². The topological polar surface area (TPSA) is 58.2 Å². The third kappa shape index (κ3) is 9.39. The van der Waals surface area contributed by atoms with Crippen LogP contribution in [0, 0.1) is 6.92 Å². The van der Waals surface area contributed by atoms with E-state index in [0.29, 0.717) is 11.1 Å². The molecule has 208 valence electrons. The number of halogens is 9. The molecule has 0 saturated heterocycles. The summed E-state index contributed by atoms with van der Waals surface area (Å²) in [5.74, 6) is -3.54. The smallest absolute Gasteiger partial charge is 0.347 e. The summed E-state index contributed by atoms with van der Waals surface area (Å²) in [4.78, 5) is 24.6. The molecule has 1 unspecified atom stereocenters. The fraction of sp³-hybridized carbons (Fsp3) is 0.360. The third-order valence-corrected chi connectivity index (χ3v) is 6.43. The minimum atomic E-state index is -4.66. The van der Waals surface area contributed by atoms with Crippen LogP contribution in [-0.2, 0) is 4.79 Å². The predicted molar refractivity (Wildman–Crippen MR) is 136 cm³/mol. The zero-order valence-electron chi connectivity index (χ0n) is 20.3. The lowest BCUT2D eigenvalue weighted by molar-refractivity contribution is -0.139. The van der Waals surface area contributed by atoms with Crippen LogP contribution in [0.15, 0.2) is 36.4 Å². The summed E-state index contributed by atoms with van der Waals surface area (Å²) in [6.45, 7) is 3.01. The Hall–Kier alpha value is -2.43. The average Bonchev–Trinajstić information content (AvgIpc) is 2.74. The number of hydrogen-bond acceptors (Lipinski definition) is 2. The van der Waals surface area contributed by atoms with E-state index >= 15 is 0 Å². The van der Waals surface area contributed by atoms with Crippen LogP contribution in [0.3, 0.4) is 0 Å². The lowest BCUT2D eigenvalue weighted by Gasteiger charge is -2.26. The fourth-order valence-electron chi connectivity index (χ4n) is 3.50. The monoisotopic (exact) mass is 602 g/mol. The quantitative estimate of drug-likeness (QED) is 0.238. The normalized spacial score (nSPS) is 13.5. The minimum Gasteiger partial charge on any atom is -0.347 e.